The molecule has 1 fully saturated rings. The van der Waals surface area contributed by atoms with Gasteiger partial charge in [-0.15, -0.1) is 0 Å². The Morgan fingerprint density at radius 1 is 1.03 bits per heavy atom. The topological polar surface area (TPSA) is 94.8 Å². The summed E-state index contributed by atoms with van der Waals surface area (Å²) in [5, 5.41) is 3.97. The Bertz CT molecular complexity index is 1090. The molecule has 1 aromatic heterocycles. The fourth-order valence-electron chi connectivity index (χ4n) is 3.36. The summed E-state index contributed by atoms with van der Waals surface area (Å²) in [6.45, 7) is 1.22. The van der Waals surface area contributed by atoms with Crippen molar-refractivity contribution in [1.29, 1.82) is 0 Å². The highest BCUT2D eigenvalue weighted by molar-refractivity contribution is 7.89. The van der Waals surface area contributed by atoms with Crippen LogP contribution in [0.4, 0.5) is 0 Å². The molecule has 1 aliphatic heterocycles. The summed E-state index contributed by atoms with van der Waals surface area (Å²) in [5.41, 5.74) is 0.724. The van der Waals surface area contributed by atoms with E-state index < -0.39 is 10.0 Å². The molecule has 0 unspecified atom stereocenters. The standard InChI is InChI=1S/C21H23N3O5S/c1-27-19-8-4-3-7-18(19)21-22-20(29-23-21)15-28-16-9-11-17(12-10-16)30(25,26)24-13-5-2-6-14-24/h3-4,7-12H,2,5-6,13-15H2,1H3. The molecule has 0 saturated carbocycles. The lowest BCUT2D eigenvalue weighted by Crippen LogP contribution is -2.35. The highest BCUT2D eigenvalue weighted by atomic mass is 32.2. The third kappa shape index (κ3) is 4.31. The van der Waals surface area contributed by atoms with Crippen LogP contribution in [0.15, 0.2) is 57.9 Å². The van der Waals surface area contributed by atoms with Crippen molar-refractivity contribution in [3.05, 3.63) is 54.4 Å². The summed E-state index contributed by atoms with van der Waals surface area (Å²) in [4.78, 5) is 4.61. The first-order valence-corrected chi connectivity index (χ1v) is 11.2. The average molecular weight is 429 g/mol. The predicted octanol–water partition coefficient (Wildman–Crippen LogP) is 3.50. The van der Waals surface area contributed by atoms with Crippen molar-refractivity contribution in [3.63, 3.8) is 0 Å². The average Bonchev–Trinajstić information content (AvgIpc) is 3.27. The minimum absolute atomic E-state index is 0.0698. The van der Waals surface area contributed by atoms with Crippen molar-refractivity contribution in [2.45, 2.75) is 30.8 Å². The predicted molar refractivity (Wildman–Crippen MR) is 110 cm³/mol. The van der Waals surface area contributed by atoms with Crippen LogP contribution in [0.25, 0.3) is 11.4 Å². The van der Waals surface area contributed by atoms with Gasteiger partial charge in [-0.2, -0.15) is 9.29 Å². The molecule has 0 amide bonds. The maximum Gasteiger partial charge on any atom is 0.264 e. The Hall–Kier alpha value is -2.91. The van der Waals surface area contributed by atoms with Crippen molar-refractivity contribution in [2.24, 2.45) is 0 Å². The van der Waals surface area contributed by atoms with Gasteiger partial charge >= 0.3 is 0 Å². The lowest BCUT2D eigenvalue weighted by atomic mass is 10.2. The summed E-state index contributed by atoms with van der Waals surface area (Å²) in [7, 11) is -1.87. The number of aromatic nitrogens is 2. The van der Waals surface area contributed by atoms with E-state index in [-0.39, 0.29) is 11.5 Å². The number of para-hydroxylation sites is 1. The number of piperidine rings is 1. The van der Waals surface area contributed by atoms with Crippen molar-refractivity contribution in [1.82, 2.24) is 14.4 Å². The van der Waals surface area contributed by atoms with Gasteiger partial charge in [0.15, 0.2) is 6.61 Å². The van der Waals surface area contributed by atoms with E-state index in [1.165, 1.54) is 0 Å². The molecular weight excluding hydrogens is 406 g/mol. The van der Waals surface area contributed by atoms with Crippen LogP contribution in [0.3, 0.4) is 0 Å². The maximum atomic E-state index is 12.7. The summed E-state index contributed by atoms with van der Waals surface area (Å²) in [6, 6.07) is 13.8. The van der Waals surface area contributed by atoms with Gasteiger partial charge in [0.05, 0.1) is 17.6 Å². The number of methoxy groups -OCH3 is 1. The van der Waals surface area contributed by atoms with Crippen LogP contribution in [-0.2, 0) is 16.6 Å². The number of benzene rings is 2. The molecule has 0 aliphatic carbocycles. The Morgan fingerprint density at radius 3 is 2.50 bits per heavy atom. The van der Waals surface area contributed by atoms with Gasteiger partial charge in [0.25, 0.3) is 5.89 Å². The first-order chi connectivity index (χ1) is 14.6. The van der Waals surface area contributed by atoms with Crippen molar-refractivity contribution in [3.8, 4) is 22.9 Å². The number of nitrogens with zero attached hydrogens (tertiary/aromatic N) is 3. The molecule has 30 heavy (non-hydrogen) atoms. The molecule has 9 heteroatoms. The molecule has 2 aromatic carbocycles. The first-order valence-electron chi connectivity index (χ1n) is 9.77. The number of sulfonamides is 1. The van der Waals surface area contributed by atoms with Gasteiger partial charge in [0.1, 0.15) is 11.5 Å². The second kappa shape index (κ2) is 8.85. The summed E-state index contributed by atoms with van der Waals surface area (Å²) in [6.07, 6.45) is 2.89. The molecule has 1 aliphatic rings. The van der Waals surface area contributed by atoms with Crippen molar-refractivity contribution in [2.75, 3.05) is 20.2 Å². The fourth-order valence-corrected chi connectivity index (χ4v) is 4.88. The molecule has 0 radical (unpaired) electrons. The highest BCUT2D eigenvalue weighted by Gasteiger charge is 2.25. The molecule has 0 N–H and O–H groups in total. The van der Waals surface area contributed by atoms with Crippen LogP contribution in [0.1, 0.15) is 25.2 Å². The number of hydrogen-bond acceptors (Lipinski definition) is 7. The highest BCUT2D eigenvalue weighted by Crippen LogP contribution is 2.27. The van der Waals surface area contributed by atoms with Gasteiger partial charge in [-0.3, -0.25) is 0 Å². The van der Waals surface area contributed by atoms with Crippen LogP contribution in [0, 0.1) is 0 Å². The molecule has 8 nitrogen and oxygen atoms in total. The molecule has 1 saturated heterocycles. The van der Waals surface area contributed by atoms with E-state index in [2.05, 4.69) is 10.1 Å². The van der Waals surface area contributed by atoms with Crippen LogP contribution in [0.5, 0.6) is 11.5 Å². The van der Waals surface area contributed by atoms with E-state index in [4.69, 9.17) is 14.0 Å². The third-order valence-corrected chi connectivity index (χ3v) is 6.87. The lowest BCUT2D eigenvalue weighted by molar-refractivity contribution is 0.243. The van der Waals surface area contributed by atoms with Gasteiger partial charge in [0.2, 0.25) is 15.8 Å². The molecule has 0 spiro atoms. The molecule has 3 aromatic rings. The summed E-state index contributed by atoms with van der Waals surface area (Å²) >= 11 is 0. The molecule has 2 heterocycles. The van der Waals surface area contributed by atoms with Gasteiger partial charge in [0, 0.05) is 13.1 Å². The zero-order chi connectivity index (χ0) is 21.0. The fraction of sp³-hybridized carbons (Fsp3) is 0.333. The van der Waals surface area contributed by atoms with E-state index in [0.717, 1.165) is 24.8 Å². The second-order valence-corrected chi connectivity index (χ2v) is 8.87. The molecule has 4 rings (SSSR count). The smallest absolute Gasteiger partial charge is 0.264 e. The SMILES string of the molecule is COc1ccccc1-c1noc(COc2ccc(S(=O)(=O)N3CCCCC3)cc2)n1. The van der Waals surface area contributed by atoms with Crippen LogP contribution in [-0.4, -0.2) is 43.1 Å². The second-order valence-electron chi connectivity index (χ2n) is 6.94. The maximum absolute atomic E-state index is 12.7. The van der Waals surface area contributed by atoms with Crippen molar-refractivity contribution >= 4 is 10.0 Å². The van der Waals surface area contributed by atoms with Gasteiger partial charge in [-0.1, -0.05) is 23.7 Å². The minimum Gasteiger partial charge on any atom is -0.496 e. The van der Waals surface area contributed by atoms with E-state index in [1.54, 1.807) is 35.7 Å². The van der Waals surface area contributed by atoms with Gasteiger partial charge < -0.3 is 14.0 Å². The number of ether oxygens (including phenoxy) is 2. The summed E-state index contributed by atoms with van der Waals surface area (Å²) in [5.74, 6) is 1.89. The molecule has 0 atom stereocenters. The van der Waals surface area contributed by atoms with E-state index >= 15 is 0 Å². The van der Waals surface area contributed by atoms with E-state index in [1.807, 2.05) is 24.3 Å². The summed E-state index contributed by atoms with van der Waals surface area (Å²) < 4.78 is 43.2. The molecular formula is C21H23N3O5S. The van der Waals surface area contributed by atoms with Gasteiger partial charge in [-0.25, -0.2) is 8.42 Å². The Balaban J connectivity index is 1.41. The number of rotatable bonds is 7. The zero-order valence-corrected chi connectivity index (χ0v) is 17.5. The third-order valence-electron chi connectivity index (χ3n) is 4.95. The van der Waals surface area contributed by atoms with Crippen LogP contribution >= 0.6 is 0 Å². The van der Waals surface area contributed by atoms with Crippen LogP contribution in [0.2, 0.25) is 0 Å². The monoisotopic (exact) mass is 429 g/mol. The Kier molecular flexibility index (Phi) is 6.01. The lowest BCUT2D eigenvalue weighted by Gasteiger charge is -2.25. The first kappa shape index (κ1) is 20.4. The van der Waals surface area contributed by atoms with E-state index in [9.17, 15) is 8.42 Å². The largest absolute Gasteiger partial charge is 0.496 e. The molecule has 158 valence electrons. The van der Waals surface area contributed by atoms with Crippen LogP contribution < -0.4 is 9.47 Å². The van der Waals surface area contributed by atoms with E-state index in [0.29, 0.717) is 36.3 Å². The molecule has 0 bridgehead atoms. The van der Waals surface area contributed by atoms with Gasteiger partial charge in [-0.05, 0) is 49.2 Å². The minimum atomic E-state index is -3.45. The normalized spacial score (nSPS) is 15.1. The quantitative estimate of drug-likeness (QED) is 0.567. The Labute approximate surface area is 175 Å². The zero-order valence-electron chi connectivity index (χ0n) is 16.7. The Morgan fingerprint density at radius 2 is 1.77 bits per heavy atom. The number of hydrogen-bond donors (Lipinski definition) is 0. The van der Waals surface area contributed by atoms with Crippen molar-refractivity contribution < 1.29 is 22.4 Å².